The molecule has 12 aromatic rings. The lowest BCUT2D eigenvalue weighted by Gasteiger charge is -2.26. The van der Waals surface area contributed by atoms with E-state index in [0.29, 0.717) is 45.1 Å². The molecule has 0 saturated carbocycles. The summed E-state index contributed by atoms with van der Waals surface area (Å²) in [6.45, 7) is 0. The van der Waals surface area contributed by atoms with Crippen LogP contribution in [0.4, 0.5) is 0 Å². The lowest BCUT2D eigenvalue weighted by molar-refractivity contribution is 0.473. The predicted octanol–water partition coefficient (Wildman–Crippen LogP) is 17.9. The van der Waals surface area contributed by atoms with Gasteiger partial charge in [-0.15, -0.1) is 0 Å². The molecule has 0 unspecified atom stereocenters. The molecule has 8 heteroatoms. The monoisotopic (exact) mass is 1140 g/mol. The zero-order valence-electron chi connectivity index (χ0n) is 48.1. The molecule has 12 rings (SSSR count). The van der Waals surface area contributed by atoms with E-state index in [0.717, 1.165) is 55.6 Å². The van der Waals surface area contributed by atoms with E-state index in [4.69, 9.17) is 20.0 Å². The van der Waals surface area contributed by atoms with Crippen LogP contribution < -0.4 is 0 Å². The molecule has 0 amide bonds. The smallest absolute Gasteiger partial charge is 0.125 e. The second-order valence-electron chi connectivity index (χ2n) is 21.3. The summed E-state index contributed by atoms with van der Waals surface area (Å²) in [5, 5.41) is 47.6. The summed E-state index contributed by atoms with van der Waals surface area (Å²) in [6, 6.07) is 103. The summed E-state index contributed by atoms with van der Waals surface area (Å²) in [4.78, 5) is 22.9. The van der Waals surface area contributed by atoms with Gasteiger partial charge in [-0.1, -0.05) is 279 Å². The van der Waals surface area contributed by atoms with Gasteiger partial charge in [-0.3, -0.25) is 20.0 Å². The number of hydrogen-bond donors (Lipinski definition) is 4. The minimum atomic E-state index is -0.680. The molecule has 4 N–H and O–H groups in total. The van der Waals surface area contributed by atoms with Crippen molar-refractivity contribution in [1.29, 1.82) is 0 Å². The first-order valence-electron chi connectivity index (χ1n) is 29.3. The van der Waals surface area contributed by atoms with Crippen molar-refractivity contribution in [3.8, 4) is 34.1 Å². The maximum Gasteiger partial charge on any atom is 0.125 e. The molecule has 88 heavy (non-hydrogen) atoms. The van der Waals surface area contributed by atoms with Crippen molar-refractivity contribution in [2.24, 2.45) is 20.0 Å². The maximum atomic E-state index is 12.3. The van der Waals surface area contributed by atoms with Crippen molar-refractivity contribution in [3.05, 3.63) is 394 Å². The average Bonchev–Trinajstić information content (AvgIpc) is 2.68. The van der Waals surface area contributed by atoms with Gasteiger partial charge in [-0.05, 0) is 81.9 Å². The van der Waals surface area contributed by atoms with Gasteiger partial charge in [0.15, 0.2) is 0 Å². The number of para-hydroxylation sites is 2. The Morgan fingerprint density at radius 3 is 0.659 bits per heavy atom. The van der Waals surface area contributed by atoms with Crippen molar-refractivity contribution in [2.45, 2.75) is 24.2 Å². The van der Waals surface area contributed by atoms with Crippen LogP contribution in [0.2, 0.25) is 0 Å². The molecular formula is C80H62N4O4. The Hall–Kier alpha value is -11.5. The van der Waals surface area contributed by atoms with E-state index in [-0.39, 0.29) is 23.0 Å². The topological polar surface area (TPSA) is 130 Å². The average molecular weight is 1140 g/mol. The molecule has 0 radical (unpaired) electrons. The summed E-state index contributed by atoms with van der Waals surface area (Å²) < 4.78 is 0. The quantitative estimate of drug-likeness (QED) is 0.0601. The second-order valence-corrected chi connectivity index (χ2v) is 21.3. The van der Waals surface area contributed by atoms with E-state index in [9.17, 15) is 20.4 Å². The highest BCUT2D eigenvalue weighted by Gasteiger charge is 2.31. The number of aromatic hydroxyl groups is 4. The fraction of sp³-hybridized carbons (Fsp3) is 0.0500. The molecule has 0 bridgehead atoms. The first-order valence-corrected chi connectivity index (χ1v) is 29.3. The van der Waals surface area contributed by atoms with Gasteiger partial charge in [0.25, 0.3) is 0 Å². The van der Waals surface area contributed by atoms with Crippen LogP contribution in [0, 0.1) is 0 Å². The molecule has 12 aromatic carbocycles. The number of rotatable bonds is 19. The van der Waals surface area contributed by atoms with E-state index < -0.39 is 24.2 Å². The Balaban J connectivity index is 1.05. The number of hydrogen-bond acceptors (Lipinski definition) is 8. The number of phenols is 4. The van der Waals surface area contributed by atoms with Gasteiger partial charge in [-0.2, -0.15) is 0 Å². The minimum absolute atomic E-state index is 0.0135. The SMILES string of the molecule is Oc1ccccc1C(=N[C@@H](c1ccccc1)[C@@H](N=C(c1ccccc1)c1cc(-c2ccc(O)c(C(=N[C@@H](c3ccccc3)[C@@H](N=C(c3ccccc3)c3ccccc3O)c3ccccc3)c3ccccc3)c2)ccc1O)c1ccccc1)c1ccccc1. The standard InChI is InChI=1S/C80H62N4O4/c85-69-47-27-25-45-65(69)73(55-29-9-1-10-30-55)81-77(59-37-17-5-18-38-59)79(61-41-21-7-22-42-61)83-75(57-33-13-3-14-34-57)67-53-63(49-51-71(67)87)64-50-52-72(88)68(54-64)76(58-35-15-4-16-36-58)84-80(62-43-23-8-24-44-62)78(60-39-19-6-20-40-60)82-74(56-31-11-2-12-32-56)66-46-26-28-48-70(66)86/h1-54,77-80,85-88H/t77-,78-,79-,80-/m0/s1. The highest BCUT2D eigenvalue weighted by atomic mass is 16.3. The van der Waals surface area contributed by atoms with E-state index in [1.807, 2.05) is 243 Å². The third-order valence-corrected chi connectivity index (χ3v) is 15.6. The minimum Gasteiger partial charge on any atom is -0.507 e. The molecule has 0 saturated heterocycles. The van der Waals surface area contributed by atoms with Crippen LogP contribution in [-0.2, 0) is 0 Å². The van der Waals surface area contributed by atoms with E-state index in [1.165, 1.54) is 0 Å². The molecule has 0 aliphatic carbocycles. The van der Waals surface area contributed by atoms with E-state index in [1.54, 1.807) is 36.4 Å². The zero-order chi connectivity index (χ0) is 60.0. The Bertz CT molecular complexity index is 4130. The summed E-state index contributed by atoms with van der Waals surface area (Å²) in [5.74, 6) is 0.226. The highest BCUT2D eigenvalue weighted by Crippen LogP contribution is 2.42. The van der Waals surface area contributed by atoms with Gasteiger partial charge in [0.1, 0.15) is 47.2 Å². The molecule has 0 fully saturated rings. The van der Waals surface area contributed by atoms with Gasteiger partial charge < -0.3 is 20.4 Å². The number of nitrogens with zero attached hydrogens (tertiary/aromatic N) is 4. The van der Waals surface area contributed by atoms with Crippen molar-refractivity contribution >= 4 is 22.8 Å². The first-order chi connectivity index (χ1) is 43.3. The molecule has 0 aliphatic heterocycles. The third-order valence-electron chi connectivity index (χ3n) is 15.6. The van der Waals surface area contributed by atoms with Gasteiger partial charge in [0, 0.05) is 44.5 Å². The van der Waals surface area contributed by atoms with Gasteiger partial charge in [-0.25, -0.2) is 0 Å². The van der Waals surface area contributed by atoms with E-state index in [2.05, 4.69) is 48.5 Å². The molecule has 0 aliphatic rings. The fourth-order valence-electron chi connectivity index (χ4n) is 11.2. The normalized spacial score (nSPS) is 13.5. The molecule has 8 nitrogen and oxygen atoms in total. The van der Waals surface area contributed by atoms with Gasteiger partial charge >= 0.3 is 0 Å². The Morgan fingerprint density at radius 2 is 0.409 bits per heavy atom. The predicted molar refractivity (Wildman–Crippen MR) is 356 cm³/mol. The van der Waals surface area contributed by atoms with Crippen LogP contribution in [0.5, 0.6) is 23.0 Å². The molecule has 0 spiro atoms. The Morgan fingerprint density at radius 1 is 0.205 bits per heavy atom. The molecule has 0 heterocycles. The first kappa shape index (κ1) is 57.0. The van der Waals surface area contributed by atoms with Crippen LogP contribution in [-0.4, -0.2) is 43.3 Å². The Kier molecular flexibility index (Phi) is 17.5. The van der Waals surface area contributed by atoms with Crippen molar-refractivity contribution in [3.63, 3.8) is 0 Å². The Labute approximate surface area is 513 Å². The molecule has 0 aromatic heterocycles. The lowest BCUT2D eigenvalue weighted by atomic mass is 9.90. The van der Waals surface area contributed by atoms with Crippen LogP contribution in [0.3, 0.4) is 0 Å². The van der Waals surface area contributed by atoms with E-state index >= 15 is 0 Å². The summed E-state index contributed by atoms with van der Waals surface area (Å²) >= 11 is 0. The second kappa shape index (κ2) is 27.0. The molecule has 4 atom stereocenters. The third kappa shape index (κ3) is 12.9. The summed E-state index contributed by atoms with van der Waals surface area (Å²) in [5.41, 5.74) is 12.6. The summed E-state index contributed by atoms with van der Waals surface area (Å²) in [7, 11) is 0. The molecular weight excluding hydrogens is 1080 g/mol. The lowest BCUT2D eigenvalue weighted by Crippen LogP contribution is -2.16. The van der Waals surface area contributed by atoms with Crippen LogP contribution in [0.1, 0.15) is 90.9 Å². The number of benzene rings is 12. The van der Waals surface area contributed by atoms with Gasteiger partial charge in [0.2, 0.25) is 0 Å². The van der Waals surface area contributed by atoms with Crippen LogP contribution in [0.25, 0.3) is 11.1 Å². The van der Waals surface area contributed by atoms with Crippen molar-refractivity contribution < 1.29 is 20.4 Å². The van der Waals surface area contributed by atoms with Crippen molar-refractivity contribution in [2.75, 3.05) is 0 Å². The highest BCUT2D eigenvalue weighted by molar-refractivity contribution is 6.17. The van der Waals surface area contributed by atoms with Crippen molar-refractivity contribution in [1.82, 2.24) is 0 Å². The van der Waals surface area contributed by atoms with Crippen LogP contribution in [0.15, 0.2) is 348 Å². The van der Waals surface area contributed by atoms with Gasteiger partial charge in [0.05, 0.1) is 22.8 Å². The maximum absolute atomic E-state index is 12.3. The molecule has 426 valence electrons. The summed E-state index contributed by atoms with van der Waals surface area (Å²) in [6.07, 6.45) is 0. The number of aliphatic imine (C=N–C) groups is 4. The van der Waals surface area contributed by atoms with Crippen LogP contribution >= 0.6 is 0 Å². The number of phenolic OH excluding ortho intramolecular Hbond substituents is 4. The largest absolute Gasteiger partial charge is 0.507 e. The zero-order valence-corrected chi connectivity index (χ0v) is 48.1. The fourth-order valence-corrected chi connectivity index (χ4v) is 11.2.